The minimum Gasteiger partial charge on any atom is -0.351 e. The maximum Gasteiger partial charge on any atom is 0.272 e. The first-order valence-electron chi connectivity index (χ1n) is 9.32. The van der Waals surface area contributed by atoms with Crippen LogP contribution in [-0.2, 0) is 11.3 Å². The van der Waals surface area contributed by atoms with Crippen molar-refractivity contribution in [3.05, 3.63) is 17.5 Å². The molecular weight excluding hydrogens is 334 g/mol. The maximum atomic E-state index is 12.9. The minimum absolute atomic E-state index is 0.168. The monoisotopic (exact) mass is 361 g/mol. The van der Waals surface area contributed by atoms with Gasteiger partial charge in [0.25, 0.3) is 11.8 Å². The van der Waals surface area contributed by atoms with Crippen molar-refractivity contribution in [3.8, 4) is 0 Å². The van der Waals surface area contributed by atoms with Crippen LogP contribution in [0.25, 0.3) is 0 Å². The number of nitrogens with one attached hydrogen (secondary N) is 2. The number of hydrogen-bond acceptors (Lipinski definition) is 4. The van der Waals surface area contributed by atoms with Gasteiger partial charge >= 0.3 is 0 Å². The average molecular weight is 361 g/mol. The molecule has 142 valence electrons. The van der Waals surface area contributed by atoms with Crippen molar-refractivity contribution < 1.29 is 14.4 Å². The first-order chi connectivity index (χ1) is 12.4. The topological polar surface area (TPSA) is 96.3 Å². The van der Waals surface area contributed by atoms with Gasteiger partial charge in [-0.3, -0.25) is 19.1 Å². The maximum absolute atomic E-state index is 12.9. The Hall–Kier alpha value is -2.38. The van der Waals surface area contributed by atoms with E-state index in [0.717, 1.165) is 32.1 Å². The molecule has 1 atom stereocenters. The van der Waals surface area contributed by atoms with E-state index in [9.17, 15) is 14.4 Å². The Morgan fingerprint density at radius 1 is 1.35 bits per heavy atom. The van der Waals surface area contributed by atoms with Crippen LogP contribution in [0.3, 0.4) is 0 Å². The van der Waals surface area contributed by atoms with E-state index in [0.29, 0.717) is 12.2 Å². The van der Waals surface area contributed by atoms with Crippen LogP contribution in [0.1, 0.15) is 66.9 Å². The molecule has 2 aliphatic rings. The zero-order valence-electron chi connectivity index (χ0n) is 15.7. The van der Waals surface area contributed by atoms with Gasteiger partial charge in [-0.2, -0.15) is 5.10 Å². The molecule has 26 heavy (non-hydrogen) atoms. The van der Waals surface area contributed by atoms with Gasteiger partial charge in [0.1, 0.15) is 11.2 Å². The molecule has 1 aromatic rings. The SMILES string of the molecule is CCCNC(=O)c1cc2n(n1)CC(C)(C(=O)NC1CCCC1)N(C)C2=O. The second-order valence-electron chi connectivity index (χ2n) is 7.42. The summed E-state index contributed by atoms with van der Waals surface area (Å²) >= 11 is 0. The third-order valence-corrected chi connectivity index (χ3v) is 5.45. The molecule has 0 spiro atoms. The summed E-state index contributed by atoms with van der Waals surface area (Å²) in [6, 6.07) is 1.68. The molecule has 0 bridgehead atoms. The van der Waals surface area contributed by atoms with Gasteiger partial charge in [-0.25, -0.2) is 0 Å². The highest BCUT2D eigenvalue weighted by Gasteiger charge is 2.46. The second kappa shape index (κ2) is 7.09. The standard InChI is InChI=1S/C18H27N5O3/c1-4-9-19-15(24)13-10-14-16(25)22(3)18(2,11-23(14)21-13)17(26)20-12-7-5-6-8-12/h10,12H,4-9,11H2,1-3H3,(H,19,24)(H,20,26). The van der Waals surface area contributed by atoms with Crippen molar-refractivity contribution in [2.45, 2.75) is 64.1 Å². The Kier molecular flexibility index (Phi) is 5.02. The third-order valence-electron chi connectivity index (χ3n) is 5.45. The highest BCUT2D eigenvalue weighted by Crippen LogP contribution is 2.27. The lowest BCUT2D eigenvalue weighted by atomic mass is 9.95. The summed E-state index contributed by atoms with van der Waals surface area (Å²) in [7, 11) is 1.63. The molecule has 3 rings (SSSR count). The summed E-state index contributed by atoms with van der Waals surface area (Å²) in [6.07, 6.45) is 5.02. The van der Waals surface area contributed by atoms with Crippen molar-refractivity contribution in [2.24, 2.45) is 0 Å². The molecule has 1 saturated carbocycles. The lowest BCUT2D eigenvalue weighted by molar-refractivity contribution is -0.133. The molecule has 2 N–H and O–H groups in total. The molecule has 3 amide bonds. The van der Waals surface area contributed by atoms with E-state index in [1.807, 2.05) is 6.92 Å². The number of aromatic nitrogens is 2. The van der Waals surface area contributed by atoms with Gasteiger partial charge in [0.05, 0.1) is 6.54 Å². The van der Waals surface area contributed by atoms with Gasteiger partial charge in [-0.05, 0) is 26.2 Å². The largest absolute Gasteiger partial charge is 0.351 e. The van der Waals surface area contributed by atoms with Crippen LogP contribution >= 0.6 is 0 Å². The summed E-state index contributed by atoms with van der Waals surface area (Å²) in [5.41, 5.74) is -0.494. The second-order valence-corrected chi connectivity index (χ2v) is 7.42. The molecule has 2 heterocycles. The fraction of sp³-hybridized carbons (Fsp3) is 0.667. The molecule has 1 aliphatic carbocycles. The van der Waals surface area contributed by atoms with E-state index in [1.54, 1.807) is 14.0 Å². The van der Waals surface area contributed by atoms with Crippen molar-refractivity contribution in [1.82, 2.24) is 25.3 Å². The number of rotatable bonds is 5. The molecule has 8 nitrogen and oxygen atoms in total. The summed E-state index contributed by atoms with van der Waals surface area (Å²) < 4.78 is 1.48. The summed E-state index contributed by atoms with van der Waals surface area (Å²) in [6.45, 7) is 4.49. The Bertz CT molecular complexity index is 722. The average Bonchev–Trinajstić information content (AvgIpc) is 3.27. The van der Waals surface area contributed by atoms with Crippen LogP contribution in [0.15, 0.2) is 6.07 Å². The van der Waals surface area contributed by atoms with Crippen molar-refractivity contribution in [1.29, 1.82) is 0 Å². The Balaban J connectivity index is 1.82. The predicted octanol–water partition coefficient (Wildman–Crippen LogP) is 0.926. The molecule has 1 fully saturated rings. The highest BCUT2D eigenvalue weighted by molar-refractivity contribution is 6.01. The number of nitrogens with zero attached hydrogens (tertiary/aromatic N) is 3. The fourth-order valence-electron chi connectivity index (χ4n) is 3.58. The highest BCUT2D eigenvalue weighted by atomic mass is 16.2. The van der Waals surface area contributed by atoms with Gasteiger partial charge in [0, 0.05) is 25.7 Å². The zero-order chi connectivity index (χ0) is 18.9. The van der Waals surface area contributed by atoms with Crippen LogP contribution in [0.2, 0.25) is 0 Å². The lowest BCUT2D eigenvalue weighted by Crippen LogP contribution is -2.63. The molecule has 1 aromatic heterocycles. The van der Waals surface area contributed by atoms with Gasteiger partial charge in [0.2, 0.25) is 5.91 Å². The third kappa shape index (κ3) is 3.20. The molecule has 8 heteroatoms. The Morgan fingerprint density at radius 3 is 2.69 bits per heavy atom. The predicted molar refractivity (Wildman–Crippen MR) is 95.7 cm³/mol. The van der Waals surface area contributed by atoms with E-state index in [-0.39, 0.29) is 36.0 Å². The van der Waals surface area contributed by atoms with E-state index in [2.05, 4.69) is 15.7 Å². The van der Waals surface area contributed by atoms with Gasteiger partial charge in [-0.15, -0.1) is 0 Å². The normalized spacial score (nSPS) is 23.0. The van der Waals surface area contributed by atoms with Gasteiger partial charge < -0.3 is 15.5 Å². The smallest absolute Gasteiger partial charge is 0.272 e. The van der Waals surface area contributed by atoms with Crippen LogP contribution in [0.4, 0.5) is 0 Å². The molecule has 0 aromatic carbocycles. The summed E-state index contributed by atoms with van der Waals surface area (Å²) in [4.78, 5) is 39.3. The molecule has 1 aliphatic heterocycles. The van der Waals surface area contributed by atoms with E-state index in [1.165, 1.54) is 15.6 Å². The minimum atomic E-state index is -1.03. The summed E-state index contributed by atoms with van der Waals surface area (Å²) in [5, 5.41) is 10.1. The van der Waals surface area contributed by atoms with Gasteiger partial charge in [0.15, 0.2) is 5.69 Å². The van der Waals surface area contributed by atoms with Crippen LogP contribution in [0.5, 0.6) is 0 Å². The van der Waals surface area contributed by atoms with Crippen molar-refractivity contribution in [2.75, 3.05) is 13.6 Å². The van der Waals surface area contributed by atoms with Gasteiger partial charge in [-0.1, -0.05) is 19.8 Å². The Labute approximate surface area is 153 Å². The summed E-state index contributed by atoms with van der Waals surface area (Å²) in [5.74, 6) is -0.776. The zero-order valence-corrected chi connectivity index (χ0v) is 15.7. The number of likely N-dealkylation sites (N-methyl/N-ethyl adjacent to an activating group) is 1. The number of fused-ring (bicyclic) bond motifs is 1. The number of carbonyl (C=O) groups is 3. The van der Waals surface area contributed by atoms with E-state index < -0.39 is 5.54 Å². The van der Waals surface area contributed by atoms with Crippen molar-refractivity contribution >= 4 is 17.7 Å². The molecule has 1 unspecified atom stereocenters. The first-order valence-corrected chi connectivity index (χ1v) is 9.32. The number of hydrogen-bond donors (Lipinski definition) is 2. The quantitative estimate of drug-likeness (QED) is 0.815. The number of carbonyl (C=O) groups excluding carboxylic acids is 3. The number of amides is 3. The lowest BCUT2D eigenvalue weighted by Gasteiger charge is -2.41. The molecule has 0 saturated heterocycles. The molecular formula is C18H27N5O3. The fourth-order valence-corrected chi connectivity index (χ4v) is 3.58. The molecule has 0 radical (unpaired) electrons. The van der Waals surface area contributed by atoms with Crippen LogP contribution in [-0.4, -0.2) is 57.6 Å². The van der Waals surface area contributed by atoms with Crippen LogP contribution in [0, 0.1) is 0 Å². The van der Waals surface area contributed by atoms with E-state index in [4.69, 9.17) is 0 Å². The van der Waals surface area contributed by atoms with Crippen LogP contribution < -0.4 is 10.6 Å². The first kappa shape index (κ1) is 18.4. The van der Waals surface area contributed by atoms with E-state index >= 15 is 0 Å². The van der Waals surface area contributed by atoms with Crippen molar-refractivity contribution in [3.63, 3.8) is 0 Å². The Morgan fingerprint density at radius 2 is 2.04 bits per heavy atom.